The minimum Gasteiger partial charge on any atom is -0.335 e. The fourth-order valence-corrected chi connectivity index (χ4v) is 3.98. The first kappa shape index (κ1) is 31.2. The van der Waals surface area contributed by atoms with Crippen LogP contribution in [-0.2, 0) is 4.74 Å². The van der Waals surface area contributed by atoms with Crippen LogP contribution in [0.4, 0.5) is 23.7 Å². The van der Waals surface area contributed by atoms with Crippen molar-refractivity contribution < 1.29 is 22.7 Å². The Morgan fingerprint density at radius 3 is 1.86 bits per heavy atom. The van der Waals surface area contributed by atoms with E-state index in [2.05, 4.69) is 39.0 Å². The first-order chi connectivity index (χ1) is 16.7. The molecule has 202 valence electrons. The van der Waals surface area contributed by atoms with Crippen LogP contribution in [0.2, 0.25) is 0 Å². The van der Waals surface area contributed by atoms with Crippen molar-refractivity contribution in [3.63, 3.8) is 0 Å². The van der Waals surface area contributed by atoms with E-state index in [1.54, 1.807) is 0 Å². The summed E-state index contributed by atoms with van der Waals surface area (Å²) in [5.74, 6) is 0. The first-order valence-electron chi connectivity index (χ1n) is 12.6. The third-order valence-electron chi connectivity index (χ3n) is 5.90. The van der Waals surface area contributed by atoms with Crippen LogP contribution in [0.15, 0.2) is 30.3 Å². The number of halogens is 3. The van der Waals surface area contributed by atoms with Crippen molar-refractivity contribution in [2.45, 2.75) is 70.8 Å². The second-order valence-electron chi connectivity index (χ2n) is 8.91. The maximum absolute atomic E-state index is 11.9. The number of carbonyl (C=O) groups excluding carboxylic acids is 1. The summed E-state index contributed by atoms with van der Waals surface area (Å²) in [5, 5.41) is 5.92. The molecule has 0 saturated carbocycles. The predicted octanol–water partition coefficient (Wildman–Crippen LogP) is 4.65. The number of amides is 2. The van der Waals surface area contributed by atoms with E-state index in [0.29, 0.717) is 19.2 Å². The molecule has 0 radical (unpaired) electrons. The highest BCUT2D eigenvalue weighted by molar-refractivity contribution is 5.89. The normalized spacial score (nSPS) is 18.0. The first-order valence-corrected chi connectivity index (χ1v) is 12.6. The number of nitrogens with two attached hydrogens (primary N) is 1. The standard InChI is InChI=1S/C15H23N3O.C8H18N2.C2H3F3O/c1-2-10-18-11-8-14(9-12-18)17-15(19)16-13-6-4-3-5-7-13;1-2-5-10-6-3-8(9)4-7-10;1-6-2(3,4)5/h3-7,14H,2,8-12H2,1H3,(H2,16,17,19);8H,2-7,9H2,1H3;1H3. The Bertz CT molecular complexity index is 663. The van der Waals surface area contributed by atoms with Crippen molar-refractivity contribution in [2.75, 3.05) is 51.7 Å². The van der Waals surface area contributed by atoms with Gasteiger partial charge in [0.05, 0.1) is 0 Å². The lowest BCUT2D eigenvalue weighted by Gasteiger charge is -2.32. The fourth-order valence-electron chi connectivity index (χ4n) is 3.98. The molecule has 0 aliphatic carbocycles. The Morgan fingerprint density at radius 2 is 1.43 bits per heavy atom. The van der Waals surface area contributed by atoms with E-state index in [1.807, 2.05) is 30.3 Å². The van der Waals surface area contributed by atoms with Gasteiger partial charge in [0.1, 0.15) is 0 Å². The van der Waals surface area contributed by atoms with Crippen LogP contribution in [0.1, 0.15) is 52.4 Å². The molecule has 2 fully saturated rings. The van der Waals surface area contributed by atoms with Gasteiger partial charge in [-0.3, -0.25) is 4.74 Å². The lowest BCUT2D eigenvalue weighted by atomic mass is 10.1. The highest BCUT2D eigenvalue weighted by Gasteiger charge is 2.26. The molecular formula is C25H44F3N5O2. The van der Waals surface area contributed by atoms with Crippen LogP contribution >= 0.6 is 0 Å². The summed E-state index contributed by atoms with van der Waals surface area (Å²) in [6.45, 7) is 11.5. The van der Waals surface area contributed by atoms with Crippen LogP contribution in [0, 0.1) is 0 Å². The van der Waals surface area contributed by atoms with Gasteiger partial charge in [0.15, 0.2) is 0 Å². The fraction of sp³-hybridized carbons (Fsp3) is 0.720. The van der Waals surface area contributed by atoms with E-state index < -0.39 is 6.36 Å². The molecule has 0 bridgehead atoms. The van der Waals surface area contributed by atoms with Gasteiger partial charge in [-0.25, -0.2) is 4.79 Å². The van der Waals surface area contributed by atoms with Crippen LogP contribution in [0.3, 0.4) is 0 Å². The van der Waals surface area contributed by atoms with Crippen molar-refractivity contribution in [3.05, 3.63) is 30.3 Å². The summed E-state index contributed by atoms with van der Waals surface area (Å²) in [6, 6.07) is 10.2. The molecule has 35 heavy (non-hydrogen) atoms. The summed E-state index contributed by atoms with van der Waals surface area (Å²) in [5.41, 5.74) is 6.60. The summed E-state index contributed by atoms with van der Waals surface area (Å²) >= 11 is 0. The summed E-state index contributed by atoms with van der Waals surface area (Å²) < 4.78 is 34.6. The molecule has 4 N–H and O–H groups in total. The van der Waals surface area contributed by atoms with E-state index in [0.717, 1.165) is 31.6 Å². The third kappa shape index (κ3) is 15.7. The molecule has 2 amide bonds. The number of anilines is 1. The molecule has 1 aromatic rings. The Labute approximate surface area is 208 Å². The van der Waals surface area contributed by atoms with Gasteiger partial charge in [-0.2, -0.15) is 0 Å². The topological polar surface area (TPSA) is 82.9 Å². The highest BCUT2D eigenvalue weighted by atomic mass is 19.4. The predicted molar refractivity (Wildman–Crippen MR) is 135 cm³/mol. The molecule has 2 aliphatic heterocycles. The minimum atomic E-state index is -4.46. The zero-order chi connectivity index (χ0) is 26.1. The molecule has 0 spiro atoms. The maximum Gasteiger partial charge on any atom is 0.522 e. The summed E-state index contributed by atoms with van der Waals surface area (Å²) in [4.78, 5) is 16.8. The van der Waals surface area contributed by atoms with Gasteiger partial charge in [-0.1, -0.05) is 32.0 Å². The number of nitrogens with one attached hydrogen (secondary N) is 2. The van der Waals surface area contributed by atoms with Gasteiger partial charge >= 0.3 is 12.4 Å². The number of hydrogen-bond donors (Lipinski definition) is 3. The van der Waals surface area contributed by atoms with Gasteiger partial charge in [-0.15, -0.1) is 13.2 Å². The van der Waals surface area contributed by atoms with Crippen LogP contribution < -0.4 is 16.4 Å². The summed E-state index contributed by atoms with van der Waals surface area (Å²) in [6.07, 6.45) is 2.49. The number of ether oxygens (including phenoxy) is 1. The number of para-hydroxylation sites is 1. The zero-order valence-electron chi connectivity index (χ0n) is 21.4. The number of methoxy groups -OCH3 is 1. The highest BCUT2D eigenvalue weighted by Crippen LogP contribution is 2.13. The SMILES string of the molecule is CCCN1CCC(N)CC1.CCCN1CCC(NC(=O)Nc2ccccc2)CC1.COC(F)(F)F. The Morgan fingerprint density at radius 1 is 0.971 bits per heavy atom. The number of nitrogens with zero attached hydrogens (tertiary/aromatic N) is 2. The van der Waals surface area contributed by atoms with Gasteiger partial charge in [-0.05, 0) is 76.8 Å². The van der Waals surface area contributed by atoms with Crippen molar-refractivity contribution >= 4 is 11.7 Å². The number of hydrogen-bond acceptors (Lipinski definition) is 5. The molecule has 2 heterocycles. The Hall–Kier alpha value is -1.88. The maximum atomic E-state index is 11.9. The van der Waals surface area contributed by atoms with Gasteiger partial charge < -0.3 is 26.2 Å². The molecule has 2 saturated heterocycles. The average molecular weight is 504 g/mol. The largest absolute Gasteiger partial charge is 0.522 e. The van der Waals surface area contributed by atoms with Crippen LogP contribution in [0.25, 0.3) is 0 Å². The van der Waals surface area contributed by atoms with Gasteiger partial charge in [0, 0.05) is 38.0 Å². The lowest BCUT2D eigenvalue weighted by Crippen LogP contribution is -2.46. The van der Waals surface area contributed by atoms with E-state index in [4.69, 9.17) is 5.73 Å². The van der Waals surface area contributed by atoms with Crippen molar-refractivity contribution in [3.8, 4) is 0 Å². The molecule has 1 aromatic carbocycles. The number of likely N-dealkylation sites (tertiary alicyclic amines) is 2. The number of benzene rings is 1. The molecule has 0 atom stereocenters. The minimum absolute atomic E-state index is 0.0971. The molecular weight excluding hydrogens is 459 g/mol. The van der Waals surface area contributed by atoms with E-state index in [9.17, 15) is 18.0 Å². The van der Waals surface area contributed by atoms with E-state index in [-0.39, 0.29) is 6.03 Å². The molecule has 10 heteroatoms. The average Bonchev–Trinajstić information content (AvgIpc) is 2.83. The number of piperidine rings is 2. The van der Waals surface area contributed by atoms with Gasteiger partial charge in [0.25, 0.3) is 0 Å². The lowest BCUT2D eigenvalue weighted by molar-refractivity contribution is -0.311. The smallest absolute Gasteiger partial charge is 0.335 e. The Kier molecular flexibility index (Phi) is 15.6. The number of urea groups is 1. The van der Waals surface area contributed by atoms with Crippen molar-refractivity contribution in [1.82, 2.24) is 15.1 Å². The van der Waals surface area contributed by atoms with Crippen LogP contribution in [0.5, 0.6) is 0 Å². The second kappa shape index (κ2) is 17.5. The van der Waals surface area contributed by atoms with Gasteiger partial charge in [0.2, 0.25) is 0 Å². The monoisotopic (exact) mass is 503 g/mol. The molecule has 3 rings (SSSR count). The van der Waals surface area contributed by atoms with Crippen molar-refractivity contribution in [1.29, 1.82) is 0 Å². The Balaban J connectivity index is 0.000000319. The number of alkyl halides is 3. The molecule has 0 aromatic heterocycles. The molecule has 2 aliphatic rings. The molecule has 0 unspecified atom stereocenters. The third-order valence-corrected chi connectivity index (χ3v) is 5.90. The van der Waals surface area contributed by atoms with E-state index >= 15 is 0 Å². The quantitative estimate of drug-likeness (QED) is 0.526. The molecule has 7 nitrogen and oxygen atoms in total. The zero-order valence-corrected chi connectivity index (χ0v) is 21.4. The number of carbonyl (C=O) groups is 1. The second-order valence-corrected chi connectivity index (χ2v) is 8.91. The number of rotatable bonds is 6. The van der Waals surface area contributed by atoms with Crippen molar-refractivity contribution in [2.24, 2.45) is 5.73 Å². The summed E-state index contributed by atoms with van der Waals surface area (Å²) in [7, 11) is 0.583. The van der Waals surface area contributed by atoms with E-state index in [1.165, 1.54) is 51.9 Å². The van der Waals surface area contributed by atoms with Crippen LogP contribution in [-0.4, -0.2) is 80.7 Å².